The smallest absolute Gasteiger partial charge is 0.222 e. The Bertz CT molecular complexity index is 374. The van der Waals surface area contributed by atoms with Gasteiger partial charge < -0.3 is 10.0 Å². The number of nitrogens with zero attached hydrogens (tertiary/aromatic N) is 1. The number of aliphatic hydroxyl groups is 1. The molecule has 1 amide bonds. The molecule has 112 valence electrons. The van der Waals surface area contributed by atoms with Crippen LogP contribution >= 0.6 is 0 Å². The molecule has 0 bridgehead atoms. The van der Waals surface area contributed by atoms with E-state index in [1.165, 1.54) is 5.56 Å². The Morgan fingerprint density at radius 2 is 1.85 bits per heavy atom. The van der Waals surface area contributed by atoms with E-state index in [0.717, 1.165) is 25.7 Å². The Morgan fingerprint density at radius 1 is 1.20 bits per heavy atom. The zero-order valence-electron chi connectivity index (χ0n) is 12.7. The van der Waals surface area contributed by atoms with Crippen LogP contribution in [0.3, 0.4) is 0 Å². The van der Waals surface area contributed by atoms with Crippen LogP contribution in [0.25, 0.3) is 0 Å². The Labute approximate surface area is 122 Å². The number of carbonyl (C=O) groups excluding carboxylic acids is 1. The number of aliphatic hydroxyl groups excluding tert-OH is 1. The molecule has 0 heterocycles. The molecule has 0 fully saturated rings. The van der Waals surface area contributed by atoms with Crippen LogP contribution in [0.5, 0.6) is 0 Å². The second kappa shape index (κ2) is 9.54. The fourth-order valence-corrected chi connectivity index (χ4v) is 2.58. The van der Waals surface area contributed by atoms with E-state index in [9.17, 15) is 4.79 Å². The van der Waals surface area contributed by atoms with E-state index in [-0.39, 0.29) is 18.6 Å². The Hall–Kier alpha value is -1.35. The summed E-state index contributed by atoms with van der Waals surface area (Å²) in [5, 5.41) is 9.14. The van der Waals surface area contributed by atoms with Gasteiger partial charge in [0.05, 0.1) is 6.61 Å². The molecule has 0 aliphatic heterocycles. The van der Waals surface area contributed by atoms with Crippen molar-refractivity contribution in [3.05, 3.63) is 35.9 Å². The summed E-state index contributed by atoms with van der Waals surface area (Å²) in [6, 6.07) is 10.5. The number of aryl methyl sites for hydroxylation is 1. The Kier molecular flexibility index (Phi) is 7.97. The molecule has 0 unspecified atom stereocenters. The number of rotatable bonds is 9. The molecule has 1 rings (SSSR count). The van der Waals surface area contributed by atoms with Crippen molar-refractivity contribution in [3.8, 4) is 0 Å². The first-order valence-electron chi connectivity index (χ1n) is 7.67. The third-order valence-electron chi connectivity index (χ3n) is 3.74. The lowest BCUT2D eigenvalue weighted by Gasteiger charge is -2.30. The molecule has 3 heteroatoms. The highest BCUT2D eigenvalue weighted by Gasteiger charge is 2.19. The molecule has 20 heavy (non-hydrogen) atoms. The van der Waals surface area contributed by atoms with Crippen molar-refractivity contribution < 1.29 is 9.90 Å². The number of hydrogen-bond acceptors (Lipinski definition) is 2. The first-order valence-corrected chi connectivity index (χ1v) is 7.67. The Morgan fingerprint density at radius 3 is 2.40 bits per heavy atom. The lowest BCUT2D eigenvalue weighted by atomic mass is 10.1. The molecule has 1 aromatic rings. The maximum absolute atomic E-state index is 12.3. The van der Waals surface area contributed by atoms with Crippen molar-refractivity contribution in [2.75, 3.05) is 13.2 Å². The topological polar surface area (TPSA) is 40.5 Å². The monoisotopic (exact) mass is 277 g/mol. The molecular formula is C17H27NO2. The van der Waals surface area contributed by atoms with Crippen LogP contribution < -0.4 is 0 Å². The molecule has 0 spiro atoms. The minimum atomic E-state index is 0.0426. The molecule has 0 radical (unpaired) electrons. The van der Waals surface area contributed by atoms with Gasteiger partial charge in [-0.25, -0.2) is 0 Å². The number of hydrogen-bond donors (Lipinski definition) is 1. The van der Waals surface area contributed by atoms with E-state index < -0.39 is 0 Å². The van der Waals surface area contributed by atoms with Crippen LogP contribution in [0.15, 0.2) is 30.3 Å². The largest absolute Gasteiger partial charge is 0.395 e. The standard InChI is InChI=1S/C17H27NO2/c1-3-16(4-2)18(13-14-19)17(20)12-8-11-15-9-6-5-7-10-15/h5-7,9-10,16,19H,3-4,8,11-14H2,1-2H3. The van der Waals surface area contributed by atoms with Crippen molar-refractivity contribution in [2.45, 2.75) is 52.0 Å². The van der Waals surface area contributed by atoms with E-state index in [2.05, 4.69) is 26.0 Å². The van der Waals surface area contributed by atoms with E-state index in [1.54, 1.807) is 0 Å². The third-order valence-corrected chi connectivity index (χ3v) is 3.74. The second-order valence-corrected chi connectivity index (χ2v) is 5.12. The lowest BCUT2D eigenvalue weighted by Crippen LogP contribution is -2.41. The van der Waals surface area contributed by atoms with Crippen LogP contribution in [0.2, 0.25) is 0 Å². The van der Waals surface area contributed by atoms with E-state index in [0.29, 0.717) is 13.0 Å². The zero-order chi connectivity index (χ0) is 14.8. The van der Waals surface area contributed by atoms with Crippen LogP contribution in [0.4, 0.5) is 0 Å². The highest BCUT2D eigenvalue weighted by Crippen LogP contribution is 2.12. The van der Waals surface area contributed by atoms with Crippen molar-refractivity contribution in [3.63, 3.8) is 0 Å². The van der Waals surface area contributed by atoms with Gasteiger partial charge in [0.25, 0.3) is 0 Å². The summed E-state index contributed by atoms with van der Waals surface area (Å²) < 4.78 is 0. The molecule has 0 saturated heterocycles. The van der Waals surface area contributed by atoms with E-state index >= 15 is 0 Å². The summed E-state index contributed by atoms with van der Waals surface area (Å²) in [6.07, 6.45) is 4.25. The van der Waals surface area contributed by atoms with Gasteiger partial charge in [-0.3, -0.25) is 4.79 Å². The van der Waals surface area contributed by atoms with Gasteiger partial charge >= 0.3 is 0 Å². The van der Waals surface area contributed by atoms with Gasteiger partial charge in [0.15, 0.2) is 0 Å². The molecule has 0 aliphatic rings. The van der Waals surface area contributed by atoms with E-state index in [4.69, 9.17) is 5.11 Å². The second-order valence-electron chi connectivity index (χ2n) is 5.12. The summed E-state index contributed by atoms with van der Waals surface area (Å²) in [4.78, 5) is 14.1. The zero-order valence-corrected chi connectivity index (χ0v) is 12.7. The summed E-state index contributed by atoms with van der Waals surface area (Å²) in [7, 11) is 0. The number of benzene rings is 1. The van der Waals surface area contributed by atoms with E-state index in [1.807, 2.05) is 23.1 Å². The number of amides is 1. The predicted octanol–water partition coefficient (Wildman–Crippen LogP) is 3.02. The van der Waals surface area contributed by atoms with Gasteiger partial charge in [-0.05, 0) is 31.2 Å². The molecule has 0 aromatic heterocycles. The first kappa shape index (κ1) is 16.7. The lowest BCUT2D eigenvalue weighted by molar-refractivity contribution is -0.134. The molecule has 0 saturated carbocycles. The molecule has 3 nitrogen and oxygen atoms in total. The fourth-order valence-electron chi connectivity index (χ4n) is 2.58. The average Bonchev–Trinajstić information content (AvgIpc) is 2.48. The average molecular weight is 277 g/mol. The third kappa shape index (κ3) is 5.33. The molecule has 0 aliphatic carbocycles. The quantitative estimate of drug-likeness (QED) is 0.753. The van der Waals surface area contributed by atoms with Crippen LogP contribution in [-0.2, 0) is 11.2 Å². The normalized spacial score (nSPS) is 10.8. The van der Waals surface area contributed by atoms with Crippen LogP contribution in [-0.4, -0.2) is 35.1 Å². The summed E-state index contributed by atoms with van der Waals surface area (Å²) in [6.45, 7) is 4.68. The predicted molar refractivity (Wildman–Crippen MR) is 82.5 cm³/mol. The summed E-state index contributed by atoms with van der Waals surface area (Å²) in [5.41, 5.74) is 1.27. The highest BCUT2D eigenvalue weighted by atomic mass is 16.3. The van der Waals surface area contributed by atoms with Gasteiger partial charge in [0.1, 0.15) is 0 Å². The van der Waals surface area contributed by atoms with Crippen LogP contribution in [0, 0.1) is 0 Å². The molecule has 1 aromatic carbocycles. The minimum absolute atomic E-state index is 0.0426. The maximum atomic E-state index is 12.3. The molecular weight excluding hydrogens is 250 g/mol. The first-order chi connectivity index (χ1) is 9.72. The van der Waals surface area contributed by atoms with Gasteiger partial charge in [-0.1, -0.05) is 44.2 Å². The fraction of sp³-hybridized carbons (Fsp3) is 0.588. The minimum Gasteiger partial charge on any atom is -0.395 e. The van der Waals surface area contributed by atoms with Gasteiger partial charge in [0.2, 0.25) is 5.91 Å². The Balaban J connectivity index is 2.45. The maximum Gasteiger partial charge on any atom is 0.222 e. The SMILES string of the molecule is CCC(CC)N(CCO)C(=O)CCCc1ccccc1. The van der Waals surface area contributed by atoms with Crippen molar-refractivity contribution >= 4 is 5.91 Å². The van der Waals surface area contributed by atoms with Crippen molar-refractivity contribution in [1.29, 1.82) is 0 Å². The van der Waals surface area contributed by atoms with Gasteiger partial charge in [-0.2, -0.15) is 0 Å². The summed E-state index contributed by atoms with van der Waals surface area (Å²) in [5.74, 6) is 0.170. The van der Waals surface area contributed by atoms with Gasteiger partial charge in [0, 0.05) is 19.0 Å². The summed E-state index contributed by atoms with van der Waals surface area (Å²) >= 11 is 0. The van der Waals surface area contributed by atoms with Crippen LogP contribution in [0.1, 0.15) is 45.1 Å². The highest BCUT2D eigenvalue weighted by molar-refractivity contribution is 5.76. The molecule has 0 atom stereocenters. The molecule has 1 N–H and O–H groups in total. The number of carbonyl (C=O) groups is 1. The van der Waals surface area contributed by atoms with Crippen molar-refractivity contribution in [2.24, 2.45) is 0 Å². The van der Waals surface area contributed by atoms with Gasteiger partial charge in [-0.15, -0.1) is 0 Å². The van der Waals surface area contributed by atoms with Crippen molar-refractivity contribution in [1.82, 2.24) is 4.90 Å².